The van der Waals surface area contributed by atoms with Crippen LogP contribution in [0, 0.1) is 5.82 Å². The molecule has 0 radical (unpaired) electrons. The molecule has 0 saturated carbocycles. The van der Waals surface area contributed by atoms with Crippen molar-refractivity contribution in [3.05, 3.63) is 32.9 Å². The van der Waals surface area contributed by atoms with E-state index in [-0.39, 0.29) is 6.61 Å². The van der Waals surface area contributed by atoms with Crippen LogP contribution < -0.4 is 11.2 Å². The summed E-state index contributed by atoms with van der Waals surface area (Å²) in [5, 5.41) is 0. The Bertz CT molecular complexity index is 862. The molecule has 1 aromatic rings. The van der Waals surface area contributed by atoms with Gasteiger partial charge in [-0.25, -0.2) is 4.79 Å². The van der Waals surface area contributed by atoms with E-state index in [1.54, 1.807) is 4.98 Å². The zero-order chi connectivity index (χ0) is 20.3. The van der Waals surface area contributed by atoms with Crippen LogP contribution in [-0.2, 0) is 33.3 Å². The molecular weight excluding hydrogens is 371 g/mol. The number of hydrogen-bond acceptors (Lipinski definition) is 9. The van der Waals surface area contributed by atoms with Gasteiger partial charge in [-0.2, -0.15) is 4.39 Å². The van der Waals surface area contributed by atoms with Crippen molar-refractivity contribution in [1.82, 2.24) is 9.55 Å². The highest BCUT2D eigenvalue weighted by Gasteiger charge is 2.51. The van der Waals surface area contributed by atoms with Gasteiger partial charge in [0.25, 0.3) is 5.56 Å². The largest absolute Gasteiger partial charge is 0.463 e. The van der Waals surface area contributed by atoms with Crippen molar-refractivity contribution in [1.29, 1.82) is 0 Å². The van der Waals surface area contributed by atoms with Gasteiger partial charge in [0.1, 0.15) is 12.7 Å². The fraction of sp³-hybridized carbons (Fsp3) is 0.533. The number of nitrogens with one attached hydrogen (secondary N) is 1. The number of carbonyl (C=O) groups is 3. The molecule has 2 heterocycles. The monoisotopic (exact) mass is 388 g/mol. The van der Waals surface area contributed by atoms with Gasteiger partial charge in [0, 0.05) is 20.8 Å². The summed E-state index contributed by atoms with van der Waals surface area (Å²) >= 11 is 0. The number of halogens is 1. The molecule has 4 atom stereocenters. The van der Waals surface area contributed by atoms with Gasteiger partial charge in [0.05, 0.1) is 6.20 Å². The fourth-order valence-electron chi connectivity index (χ4n) is 2.57. The van der Waals surface area contributed by atoms with Crippen molar-refractivity contribution in [3.8, 4) is 0 Å². The first-order valence-electron chi connectivity index (χ1n) is 7.74. The van der Waals surface area contributed by atoms with Crippen molar-refractivity contribution in [2.75, 3.05) is 6.61 Å². The highest BCUT2D eigenvalue weighted by atomic mass is 19.1. The molecule has 1 N–H and O–H groups in total. The molecule has 1 fully saturated rings. The van der Waals surface area contributed by atoms with Crippen molar-refractivity contribution in [2.24, 2.45) is 0 Å². The zero-order valence-corrected chi connectivity index (χ0v) is 14.6. The Hall–Kier alpha value is -3.02. The van der Waals surface area contributed by atoms with E-state index in [0.717, 1.165) is 20.8 Å². The standard InChI is InChI=1S/C15H17FN2O9/c1-6(19)24-5-10-11(25-7(2)20)12(26-8(3)21)14(27-10)18-4-9(16)13(22)17-15(18)23/h4,10-12,14H,5H2,1-3H3,(H,17,22,23)/t10-,11-,12-,14+/m1/s1. The molecule has 12 heteroatoms. The predicted octanol–water partition coefficient (Wildman–Crippen LogP) is -1.00. The van der Waals surface area contributed by atoms with Crippen LogP contribution in [-0.4, -0.2) is 52.4 Å². The van der Waals surface area contributed by atoms with Crippen molar-refractivity contribution in [2.45, 2.75) is 45.3 Å². The third-order valence-corrected chi connectivity index (χ3v) is 3.54. The van der Waals surface area contributed by atoms with Gasteiger partial charge in [-0.15, -0.1) is 0 Å². The first-order valence-corrected chi connectivity index (χ1v) is 7.74. The lowest BCUT2D eigenvalue weighted by molar-refractivity contribution is -0.166. The number of nitrogens with zero attached hydrogens (tertiary/aromatic N) is 1. The molecule has 148 valence electrons. The van der Waals surface area contributed by atoms with Gasteiger partial charge < -0.3 is 18.9 Å². The molecule has 1 aromatic heterocycles. The molecule has 0 aromatic carbocycles. The molecule has 0 unspecified atom stereocenters. The van der Waals surface area contributed by atoms with Crippen LogP contribution in [0.15, 0.2) is 15.8 Å². The molecule has 27 heavy (non-hydrogen) atoms. The Morgan fingerprint density at radius 2 is 1.70 bits per heavy atom. The van der Waals surface area contributed by atoms with Gasteiger partial charge in [-0.1, -0.05) is 0 Å². The number of rotatable bonds is 5. The third-order valence-electron chi connectivity index (χ3n) is 3.54. The number of H-pyrrole nitrogens is 1. The molecule has 11 nitrogen and oxygen atoms in total. The molecule has 0 spiro atoms. The Morgan fingerprint density at radius 3 is 2.26 bits per heavy atom. The maximum absolute atomic E-state index is 13.6. The Morgan fingerprint density at radius 1 is 1.11 bits per heavy atom. The van der Waals surface area contributed by atoms with Gasteiger partial charge in [-0.3, -0.25) is 28.7 Å². The fourth-order valence-corrected chi connectivity index (χ4v) is 2.57. The maximum Gasteiger partial charge on any atom is 0.330 e. The normalized spacial score (nSPS) is 24.3. The lowest BCUT2D eigenvalue weighted by atomic mass is 10.1. The Balaban J connectivity index is 2.47. The minimum absolute atomic E-state index is 0.387. The van der Waals surface area contributed by atoms with Crippen molar-refractivity contribution < 1.29 is 37.7 Å². The molecule has 0 amide bonds. The lowest BCUT2D eigenvalue weighted by Crippen LogP contribution is -2.42. The summed E-state index contributed by atoms with van der Waals surface area (Å²) in [5.41, 5.74) is -2.29. The number of ether oxygens (including phenoxy) is 4. The molecule has 2 rings (SSSR count). The van der Waals surface area contributed by atoms with Crippen molar-refractivity contribution in [3.63, 3.8) is 0 Å². The average molecular weight is 388 g/mol. The minimum Gasteiger partial charge on any atom is -0.463 e. The minimum atomic E-state index is -1.45. The van der Waals surface area contributed by atoms with E-state index in [9.17, 15) is 28.4 Å². The smallest absolute Gasteiger partial charge is 0.330 e. The second-order valence-corrected chi connectivity index (χ2v) is 5.66. The van der Waals surface area contributed by atoms with E-state index in [1.807, 2.05) is 0 Å². The van der Waals surface area contributed by atoms with Crippen LogP contribution in [0.4, 0.5) is 4.39 Å². The van der Waals surface area contributed by atoms with Crippen LogP contribution in [0.25, 0.3) is 0 Å². The second kappa shape index (κ2) is 8.12. The molecule has 0 aliphatic carbocycles. The second-order valence-electron chi connectivity index (χ2n) is 5.66. The Labute approximate surface area is 151 Å². The number of aromatic nitrogens is 2. The molecule has 1 aliphatic rings. The van der Waals surface area contributed by atoms with Gasteiger partial charge >= 0.3 is 23.6 Å². The van der Waals surface area contributed by atoms with Gasteiger partial charge in [0.2, 0.25) is 5.82 Å². The molecule has 1 saturated heterocycles. The summed E-state index contributed by atoms with van der Waals surface area (Å²) in [5.74, 6) is -3.49. The Kier molecular flexibility index (Phi) is 6.10. The number of aromatic amines is 1. The predicted molar refractivity (Wildman–Crippen MR) is 82.9 cm³/mol. The van der Waals surface area contributed by atoms with Crippen LogP contribution in [0.3, 0.4) is 0 Å². The number of hydrogen-bond donors (Lipinski definition) is 1. The molecular formula is C15H17FN2O9. The van der Waals surface area contributed by atoms with Crippen LogP contribution >= 0.6 is 0 Å². The first-order chi connectivity index (χ1) is 12.6. The number of carbonyl (C=O) groups excluding carboxylic acids is 3. The van der Waals surface area contributed by atoms with Gasteiger partial charge in [-0.05, 0) is 0 Å². The average Bonchev–Trinajstić information content (AvgIpc) is 2.85. The first kappa shape index (κ1) is 20.3. The van der Waals surface area contributed by atoms with Gasteiger partial charge in [0.15, 0.2) is 18.4 Å². The quantitative estimate of drug-likeness (QED) is 0.496. The highest BCUT2D eigenvalue weighted by molar-refractivity contribution is 5.67. The summed E-state index contributed by atoms with van der Waals surface area (Å²) in [7, 11) is 0. The van der Waals surface area contributed by atoms with E-state index in [4.69, 9.17) is 18.9 Å². The van der Waals surface area contributed by atoms with E-state index in [2.05, 4.69) is 0 Å². The summed E-state index contributed by atoms with van der Waals surface area (Å²) in [4.78, 5) is 58.9. The van der Waals surface area contributed by atoms with Crippen LogP contribution in [0.1, 0.15) is 27.0 Å². The highest BCUT2D eigenvalue weighted by Crippen LogP contribution is 2.33. The summed E-state index contributed by atoms with van der Waals surface area (Å²) in [6.07, 6.45) is -4.61. The third kappa shape index (κ3) is 4.78. The molecule has 0 bridgehead atoms. The topological polar surface area (TPSA) is 143 Å². The van der Waals surface area contributed by atoms with Crippen LogP contribution in [0.2, 0.25) is 0 Å². The van der Waals surface area contributed by atoms with Crippen molar-refractivity contribution >= 4 is 17.9 Å². The lowest BCUT2D eigenvalue weighted by Gasteiger charge is -2.23. The van der Waals surface area contributed by atoms with E-state index < -0.39 is 59.5 Å². The summed E-state index contributed by atoms with van der Waals surface area (Å²) < 4.78 is 34.9. The SMILES string of the molecule is CC(=O)OC[C@H]1O[C@H](n2cc(F)c(=O)[nH]c2=O)[C@H](OC(C)=O)[C@@H]1OC(C)=O. The summed E-state index contributed by atoms with van der Waals surface area (Å²) in [6, 6.07) is 0. The number of esters is 3. The van der Waals surface area contributed by atoms with E-state index in [1.165, 1.54) is 0 Å². The van der Waals surface area contributed by atoms with E-state index >= 15 is 0 Å². The summed E-state index contributed by atoms with van der Waals surface area (Å²) in [6.45, 7) is 2.91. The zero-order valence-electron chi connectivity index (χ0n) is 14.6. The van der Waals surface area contributed by atoms with Crippen LogP contribution in [0.5, 0.6) is 0 Å². The molecule has 1 aliphatic heterocycles. The maximum atomic E-state index is 13.6. The van der Waals surface area contributed by atoms with E-state index in [0.29, 0.717) is 10.8 Å².